The minimum absolute atomic E-state index is 0.768. The number of ether oxygens (including phenoxy) is 2. The second-order valence-electron chi connectivity index (χ2n) is 5.15. The lowest BCUT2D eigenvalue weighted by Crippen LogP contribution is -2.06. The molecule has 0 aliphatic carbocycles. The largest absolute Gasteiger partial charge is 0.496 e. The highest BCUT2D eigenvalue weighted by Gasteiger charge is 2.12. The topological polar surface area (TPSA) is 30.5 Å². The molecular weight excluding hydrogens is 262 g/mol. The van der Waals surface area contributed by atoms with Crippen LogP contribution in [-0.4, -0.2) is 21.3 Å². The monoisotopic (exact) mass is 285 g/mol. The molecule has 0 atom stereocenters. The van der Waals surface area contributed by atoms with Crippen LogP contribution in [-0.2, 0) is 6.54 Å². The third kappa shape index (κ3) is 3.03. The first-order valence-electron chi connectivity index (χ1n) is 7.08. The predicted molar refractivity (Wildman–Crippen MR) is 87.2 cm³/mol. The molecule has 0 spiro atoms. The van der Waals surface area contributed by atoms with Gasteiger partial charge in [0.25, 0.3) is 0 Å². The Morgan fingerprint density at radius 3 is 2.38 bits per heavy atom. The van der Waals surface area contributed by atoms with Gasteiger partial charge in [-0.25, -0.2) is 0 Å². The van der Waals surface area contributed by atoms with E-state index in [4.69, 9.17) is 9.47 Å². The van der Waals surface area contributed by atoms with Crippen LogP contribution < -0.4 is 14.8 Å². The lowest BCUT2D eigenvalue weighted by Gasteiger charge is -2.15. The van der Waals surface area contributed by atoms with E-state index in [1.807, 2.05) is 13.1 Å². The van der Waals surface area contributed by atoms with Gasteiger partial charge in [0.15, 0.2) is 0 Å². The normalized spacial score (nSPS) is 10.5. The molecule has 0 saturated heterocycles. The number of rotatable bonds is 5. The van der Waals surface area contributed by atoms with Gasteiger partial charge >= 0.3 is 0 Å². The first-order chi connectivity index (χ1) is 10.1. The average molecular weight is 285 g/mol. The van der Waals surface area contributed by atoms with Crippen LogP contribution in [0.4, 0.5) is 0 Å². The van der Waals surface area contributed by atoms with E-state index in [1.54, 1.807) is 14.2 Å². The van der Waals surface area contributed by atoms with Gasteiger partial charge in [0.1, 0.15) is 11.5 Å². The van der Waals surface area contributed by atoms with E-state index in [2.05, 4.69) is 43.4 Å². The van der Waals surface area contributed by atoms with E-state index in [1.165, 1.54) is 11.1 Å². The van der Waals surface area contributed by atoms with Crippen LogP contribution in [0, 0.1) is 13.8 Å². The van der Waals surface area contributed by atoms with Gasteiger partial charge in [-0.3, -0.25) is 0 Å². The van der Waals surface area contributed by atoms with Gasteiger partial charge in [0.05, 0.1) is 14.2 Å². The summed E-state index contributed by atoms with van der Waals surface area (Å²) in [6, 6.07) is 10.5. The van der Waals surface area contributed by atoms with Gasteiger partial charge < -0.3 is 14.8 Å². The molecule has 2 aromatic rings. The van der Waals surface area contributed by atoms with E-state index in [0.29, 0.717) is 0 Å². The van der Waals surface area contributed by atoms with Gasteiger partial charge in [-0.1, -0.05) is 18.2 Å². The molecule has 0 amide bonds. The molecule has 3 nitrogen and oxygen atoms in total. The first kappa shape index (κ1) is 15.4. The summed E-state index contributed by atoms with van der Waals surface area (Å²) < 4.78 is 11.0. The maximum absolute atomic E-state index is 5.62. The summed E-state index contributed by atoms with van der Waals surface area (Å²) in [5.41, 5.74) is 5.81. The third-order valence-corrected chi connectivity index (χ3v) is 3.84. The molecule has 1 N–H and O–H groups in total. The van der Waals surface area contributed by atoms with Gasteiger partial charge in [-0.05, 0) is 49.7 Å². The van der Waals surface area contributed by atoms with Crippen molar-refractivity contribution in [2.24, 2.45) is 0 Å². The van der Waals surface area contributed by atoms with E-state index in [0.717, 1.165) is 34.7 Å². The maximum Gasteiger partial charge on any atom is 0.129 e. The van der Waals surface area contributed by atoms with Gasteiger partial charge in [0, 0.05) is 17.7 Å². The Labute approximate surface area is 126 Å². The highest BCUT2D eigenvalue weighted by Crippen LogP contribution is 2.36. The van der Waals surface area contributed by atoms with Crippen molar-refractivity contribution < 1.29 is 9.47 Å². The van der Waals surface area contributed by atoms with Crippen molar-refractivity contribution in [3.8, 4) is 22.6 Å². The molecule has 21 heavy (non-hydrogen) atoms. The van der Waals surface area contributed by atoms with Crippen LogP contribution in [0.2, 0.25) is 0 Å². The second-order valence-corrected chi connectivity index (χ2v) is 5.15. The molecule has 0 unspecified atom stereocenters. The fourth-order valence-corrected chi connectivity index (χ4v) is 2.56. The summed E-state index contributed by atoms with van der Waals surface area (Å²) in [4.78, 5) is 0. The molecule has 0 saturated carbocycles. The average Bonchev–Trinajstić information content (AvgIpc) is 2.50. The number of aryl methyl sites for hydroxylation is 1. The highest BCUT2D eigenvalue weighted by molar-refractivity contribution is 5.74. The molecule has 0 aromatic heterocycles. The Balaban J connectivity index is 2.57. The molecule has 0 radical (unpaired) electrons. The zero-order valence-corrected chi connectivity index (χ0v) is 13.4. The van der Waals surface area contributed by atoms with Crippen molar-refractivity contribution in [2.45, 2.75) is 20.4 Å². The van der Waals surface area contributed by atoms with Crippen LogP contribution in [0.25, 0.3) is 11.1 Å². The van der Waals surface area contributed by atoms with Crippen LogP contribution >= 0.6 is 0 Å². The molecule has 3 heteroatoms. The van der Waals surface area contributed by atoms with Crippen LogP contribution in [0.15, 0.2) is 30.3 Å². The molecule has 2 rings (SSSR count). The predicted octanol–water partition coefficient (Wildman–Crippen LogP) is 3.71. The summed E-state index contributed by atoms with van der Waals surface area (Å²) in [7, 11) is 5.36. The lowest BCUT2D eigenvalue weighted by molar-refractivity contribution is 0.408. The fourth-order valence-electron chi connectivity index (χ4n) is 2.56. The summed E-state index contributed by atoms with van der Waals surface area (Å²) in [5, 5.41) is 3.18. The minimum atomic E-state index is 0.768. The van der Waals surface area contributed by atoms with E-state index >= 15 is 0 Å². The molecule has 0 fully saturated rings. The van der Waals surface area contributed by atoms with Crippen molar-refractivity contribution in [2.75, 3.05) is 21.3 Å². The standard InChI is InChI=1S/C18H23NO2/c1-12-6-8-16(18(21-5)13(12)2)14-7-9-17(20-4)15(10-14)11-19-3/h6-10,19H,11H2,1-5H3. The molecule has 0 heterocycles. The van der Waals surface area contributed by atoms with Gasteiger partial charge in [-0.15, -0.1) is 0 Å². The quantitative estimate of drug-likeness (QED) is 0.908. The molecule has 0 aliphatic rings. The Hall–Kier alpha value is -2.00. The van der Waals surface area contributed by atoms with Crippen LogP contribution in [0.1, 0.15) is 16.7 Å². The highest BCUT2D eigenvalue weighted by atomic mass is 16.5. The van der Waals surface area contributed by atoms with Crippen LogP contribution in [0.3, 0.4) is 0 Å². The number of hydrogen-bond donors (Lipinski definition) is 1. The third-order valence-electron chi connectivity index (χ3n) is 3.84. The SMILES string of the molecule is CNCc1cc(-c2ccc(C)c(C)c2OC)ccc1OC. The Morgan fingerprint density at radius 2 is 1.76 bits per heavy atom. The second kappa shape index (κ2) is 6.64. The summed E-state index contributed by atoms with van der Waals surface area (Å²) >= 11 is 0. The summed E-state index contributed by atoms with van der Waals surface area (Å²) in [6.45, 7) is 4.96. The van der Waals surface area contributed by atoms with E-state index in [-0.39, 0.29) is 0 Å². The molecular formula is C18H23NO2. The molecule has 0 bridgehead atoms. The summed E-state index contributed by atoms with van der Waals surface area (Å²) in [6.07, 6.45) is 0. The first-order valence-corrected chi connectivity index (χ1v) is 7.08. The summed E-state index contributed by atoms with van der Waals surface area (Å²) in [5.74, 6) is 1.84. The lowest BCUT2D eigenvalue weighted by atomic mass is 9.97. The van der Waals surface area contributed by atoms with Crippen LogP contribution in [0.5, 0.6) is 11.5 Å². The Kier molecular flexibility index (Phi) is 4.86. The smallest absolute Gasteiger partial charge is 0.129 e. The number of nitrogens with one attached hydrogen (secondary N) is 1. The number of benzene rings is 2. The van der Waals surface area contributed by atoms with Crippen molar-refractivity contribution in [1.29, 1.82) is 0 Å². The number of hydrogen-bond acceptors (Lipinski definition) is 3. The zero-order chi connectivity index (χ0) is 15.4. The zero-order valence-electron chi connectivity index (χ0n) is 13.4. The van der Waals surface area contributed by atoms with E-state index < -0.39 is 0 Å². The molecule has 0 aliphatic heterocycles. The van der Waals surface area contributed by atoms with Gasteiger partial charge in [-0.2, -0.15) is 0 Å². The van der Waals surface area contributed by atoms with Crippen molar-refractivity contribution >= 4 is 0 Å². The fraction of sp³-hybridized carbons (Fsp3) is 0.333. The maximum atomic E-state index is 5.62. The Bertz CT molecular complexity index is 635. The molecule has 112 valence electrons. The van der Waals surface area contributed by atoms with E-state index in [9.17, 15) is 0 Å². The number of methoxy groups -OCH3 is 2. The minimum Gasteiger partial charge on any atom is -0.496 e. The van der Waals surface area contributed by atoms with Gasteiger partial charge in [0.2, 0.25) is 0 Å². The molecule has 2 aromatic carbocycles. The Morgan fingerprint density at radius 1 is 1.00 bits per heavy atom. The van der Waals surface area contributed by atoms with Crippen molar-refractivity contribution in [3.05, 3.63) is 47.0 Å². The van der Waals surface area contributed by atoms with Crippen molar-refractivity contribution in [3.63, 3.8) is 0 Å². The van der Waals surface area contributed by atoms with Crippen molar-refractivity contribution in [1.82, 2.24) is 5.32 Å².